The molecule has 1 rings (SSSR count). The van der Waals surface area contributed by atoms with Crippen LogP contribution in [0.4, 0.5) is 0 Å². The Bertz CT molecular complexity index is 304. The monoisotopic (exact) mass is 186 g/mol. The lowest BCUT2D eigenvalue weighted by Gasteiger charge is -2.03. The third kappa shape index (κ3) is 1.67. The second-order valence-electron chi connectivity index (χ2n) is 2.57. The van der Waals surface area contributed by atoms with Gasteiger partial charge in [0.1, 0.15) is 0 Å². The van der Waals surface area contributed by atoms with Crippen molar-refractivity contribution < 1.29 is 0 Å². The Morgan fingerprint density at radius 3 is 2.83 bits per heavy atom. The number of alkyl halides is 1. The number of aryl methyl sites for hydroxylation is 2. The summed E-state index contributed by atoms with van der Waals surface area (Å²) in [5.74, 6) is 0.252. The number of aromatic nitrogens is 2. The Hall–Kier alpha value is -0.830. The molecule has 0 saturated carbocycles. The lowest BCUT2D eigenvalue weighted by atomic mass is 10.3. The van der Waals surface area contributed by atoms with E-state index in [1.807, 2.05) is 13.8 Å². The molecule has 1 aromatic rings. The molecule has 4 heteroatoms. The van der Waals surface area contributed by atoms with Crippen LogP contribution in [0.5, 0.6) is 0 Å². The van der Waals surface area contributed by atoms with Crippen molar-refractivity contribution in [1.82, 2.24) is 9.78 Å². The molecule has 3 nitrogen and oxygen atoms in total. The summed E-state index contributed by atoms with van der Waals surface area (Å²) < 4.78 is 1.42. The van der Waals surface area contributed by atoms with E-state index in [2.05, 4.69) is 5.10 Å². The maximum atomic E-state index is 11.4. The molecule has 0 aliphatic rings. The highest BCUT2D eigenvalue weighted by molar-refractivity contribution is 6.17. The van der Waals surface area contributed by atoms with Crippen LogP contribution in [0.1, 0.15) is 18.2 Å². The quantitative estimate of drug-likeness (QED) is 0.653. The molecule has 0 saturated heterocycles. The first kappa shape index (κ1) is 9.26. The van der Waals surface area contributed by atoms with E-state index in [-0.39, 0.29) is 11.4 Å². The van der Waals surface area contributed by atoms with E-state index in [9.17, 15) is 4.79 Å². The third-order valence-electron chi connectivity index (χ3n) is 1.61. The largest absolute Gasteiger partial charge is 0.271 e. The highest BCUT2D eigenvalue weighted by Gasteiger charge is 2.02. The van der Waals surface area contributed by atoms with Crippen molar-refractivity contribution >= 4 is 11.6 Å². The second-order valence-corrected chi connectivity index (χ2v) is 2.83. The average Bonchev–Trinajstić information content (AvgIpc) is 2.08. The molecule has 0 aromatic carbocycles. The number of hydrogen-bond acceptors (Lipinski definition) is 2. The molecule has 0 aliphatic carbocycles. The van der Waals surface area contributed by atoms with Gasteiger partial charge in [0.2, 0.25) is 0 Å². The predicted octanol–water partition coefficient (Wildman–Crippen LogP) is 1.31. The summed E-state index contributed by atoms with van der Waals surface area (Å²) >= 11 is 5.59. The Morgan fingerprint density at radius 1 is 1.67 bits per heavy atom. The molecule has 0 spiro atoms. The molecule has 0 fully saturated rings. The molecule has 0 N–H and O–H groups in total. The minimum Gasteiger partial charge on any atom is -0.267 e. The lowest BCUT2D eigenvalue weighted by Crippen LogP contribution is -2.25. The van der Waals surface area contributed by atoms with Crippen LogP contribution in [-0.4, -0.2) is 9.78 Å². The minimum atomic E-state index is -0.0851. The normalized spacial score (nSPS) is 10.2. The van der Waals surface area contributed by atoms with Crippen LogP contribution in [0.25, 0.3) is 0 Å². The summed E-state index contributed by atoms with van der Waals surface area (Å²) in [5, 5.41) is 4.05. The van der Waals surface area contributed by atoms with Crippen LogP contribution in [0.2, 0.25) is 0 Å². The molecule has 1 aromatic heterocycles. The molecule has 0 amide bonds. The highest BCUT2D eigenvalue weighted by atomic mass is 35.5. The molecule has 1 heterocycles. The Labute approximate surface area is 76.0 Å². The number of halogens is 1. The van der Waals surface area contributed by atoms with Gasteiger partial charge in [-0.1, -0.05) is 0 Å². The van der Waals surface area contributed by atoms with Crippen molar-refractivity contribution in [3.05, 3.63) is 27.7 Å². The van der Waals surface area contributed by atoms with Gasteiger partial charge in [0.25, 0.3) is 5.56 Å². The topological polar surface area (TPSA) is 34.9 Å². The zero-order valence-corrected chi connectivity index (χ0v) is 7.93. The Morgan fingerprint density at radius 2 is 2.33 bits per heavy atom. The van der Waals surface area contributed by atoms with Crippen molar-refractivity contribution in [2.24, 2.45) is 0 Å². The summed E-state index contributed by atoms with van der Waals surface area (Å²) in [4.78, 5) is 11.4. The van der Waals surface area contributed by atoms with Gasteiger partial charge in [-0.2, -0.15) is 5.10 Å². The van der Waals surface area contributed by atoms with Gasteiger partial charge in [-0.25, -0.2) is 4.68 Å². The van der Waals surface area contributed by atoms with Crippen LogP contribution < -0.4 is 5.56 Å². The predicted molar refractivity (Wildman–Crippen MR) is 48.5 cm³/mol. The van der Waals surface area contributed by atoms with Crippen LogP contribution in [0, 0.1) is 6.92 Å². The van der Waals surface area contributed by atoms with Gasteiger partial charge in [-0.05, 0) is 19.9 Å². The summed E-state index contributed by atoms with van der Waals surface area (Å²) in [6.07, 6.45) is 0. The fourth-order valence-corrected chi connectivity index (χ4v) is 1.25. The maximum absolute atomic E-state index is 11.4. The smallest absolute Gasteiger partial charge is 0.267 e. The standard InChI is InChI=1S/C8H11ClN2O/c1-3-11-8(12)7(5-9)4-6(2)10-11/h4H,3,5H2,1-2H3. The third-order valence-corrected chi connectivity index (χ3v) is 1.90. The van der Waals surface area contributed by atoms with E-state index in [4.69, 9.17) is 11.6 Å². The first-order valence-corrected chi connectivity index (χ1v) is 4.36. The van der Waals surface area contributed by atoms with Crippen LogP contribution in [0.15, 0.2) is 10.9 Å². The van der Waals surface area contributed by atoms with E-state index in [1.165, 1.54) is 4.68 Å². The fourth-order valence-electron chi connectivity index (χ4n) is 1.05. The van der Waals surface area contributed by atoms with Gasteiger partial charge < -0.3 is 0 Å². The van der Waals surface area contributed by atoms with Crippen LogP contribution in [-0.2, 0) is 12.4 Å². The van der Waals surface area contributed by atoms with Gasteiger partial charge in [0.15, 0.2) is 0 Å². The summed E-state index contributed by atoms with van der Waals surface area (Å²) in [7, 11) is 0. The summed E-state index contributed by atoms with van der Waals surface area (Å²) in [6, 6.07) is 1.72. The molecule has 12 heavy (non-hydrogen) atoms. The average molecular weight is 187 g/mol. The first-order chi connectivity index (χ1) is 5.69. The van der Waals surface area contributed by atoms with E-state index in [0.717, 1.165) is 5.69 Å². The van der Waals surface area contributed by atoms with Gasteiger partial charge >= 0.3 is 0 Å². The molecule has 0 aliphatic heterocycles. The second kappa shape index (κ2) is 3.72. The van der Waals surface area contributed by atoms with Crippen molar-refractivity contribution in [3.63, 3.8) is 0 Å². The van der Waals surface area contributed by atoms with E-state index in [1.54, 1.807) is 6.07 Å². The lowest BCUT2D eigenvalue weighted by molar-refractivity contribution is 0.600. The van der Waals surface area contributed by atoms with Crippen molar-refractivity contribution in [2.45, 2.75) is 26.3 Å². The van der Waals surface area contributed by atoms with Gasteiger partial charge in [0, 0.05) is 12.1 Å². The zero-order chi connectivity index (χ0) is 9.14. The van der Waals surface area contributed by atoms with E-state index < -0.39 is 0 Å². The zero-order valence-electron chi connectivity index (χ0n) is 7.17. The fraction of sp³-hybridized carbons (Fsp3) is 0.500. The molecule has 0 unspecified atom stereocenters. The van der Waals surface area contributed by atoms with Crippen molar-refractivity contribution in [3.8, 4) is 0 Å². The Balaban J connectivity index is 3.32. The summed E-state index contributed by atoms with van der Waals surface area (Å²) in [6.45, 7) is 4.32. The number of nitrogens with zero attached hydrogens (tertiary/aromatic N) is 2. The van der Waals surface area contributed by atoms with E-state index >= 15 is 0 Å². The van der Waals surface area contributed by atoms with Crippen molar-refractivity contribution in [1.29, 1.82) is 0 Å². The molecule has 0 bridgehead atoms. The first-order valence-electron chi connectivity index (χ1n) is 3.82. The van der Waals surface area contributed by atoms with Crippen LogP contribution in [0.3, 0.4) is 0 Å². The van der Waals surface area contributed by atoms with Gasteiger partial charge in [0.05, 0.1) is 11.6 Å². The molecule has 66 valence electrons. The summed E-state index contributed by atoms with van der Waals surface area (Å²) in [5.41, 5.74) is 1.36. The van der Waals surface area contributed by atoms with Crippen molar-refractivity contribution in [2.75, 3.05) is 0 Å². The van der Waals surface area contributed by atoms with Gasteiger partial charge in [-0.3, -0.25) is 4.79 Å². The number of rotatable bonds is 2. The Kier molecular flexibility index (Phi) is 2.87. The maximum Gasteiger partial charge on any atom is 0.271 e. The molecular formula is C8H11ClN2O. The molecular weight excluding hydrogens is 176 g/mol. The SMILES string of the molecule is CCn1nc(C)cc(CCl)c1=O. The van der Waals surface area contributed by atoms with Gasteiger partial charge in [-0.15, -0.1) is 11.6 Å². The number of hydrogen-bond donors (Lipinski definition) is 0. The van der Waals surface area contributed by atoms with Crippen LogP contribution >= 0.6 is 11.6 Å². The highest BCUT2D eigenvalue weighted by Crippen LogP contribution is 1.98. The van der Waals surface area contributed by atoms with E-state index in [0.29, 0.717) is 12.1 Å². The minimum absolute atomic E-state index is 0.0851. The molecule has 0 radical (unpaired) electrons. The molecule has 0 atom stereocenters.